The van der Waals surface area contributed by atoms with E-state index in [0.717, 1.165) is 5.56 Å². The summed E-state index contributed by atoms with van der Waals surface area (Å²) in [5, 5.41) is 7.34. The van der Waals surface area contributed by atoms with Crippen molar-refractivity contribution in [3.8, 4) is 0 Å². The highest BCUT2D eigenvalue weighted by Crippen LogP contribution is 2.15. The fraction of sp³-hybridized carbons (Fsp3) is 0.0909. The number of hydrogen-bond donors (Lipinski definition) is 2. The maximum absolute atomic E-state index is 12.3. The van der Waals surface area contributed by atoms with Crippen LogP contribution in [0.15, 0.2) is 82.8 Å². The lowest BCUT2D eigenvalue weighted by Gasteiger charge is -2.08. The number of hydrazone groups is 1. The van der Waals surface area contributed by atoms with Crippen molar-refractivity contribution in [1.29, 1.82) is 0 Å². The summed E-state index contributed by atoms with van der Waals surface area (Å²) in [7, 11) is -3.74. The Morgan fingerprint density at radius 1 is 0.867 bits per heavy atom. The van der Waals surface area contributed by atoms with Gasteiger partial charge in [0.1, 0.15) is 0 Å². The van der Waals surface area contributed by atoms with Gasteiger partial charge >= 0.3 is 0 Å². The summed E-state index contributed by atoms with van der Waals surface area (Å²) < 4.78 is 24.7. The number of amides is 1. The summed E-state index contributed by atoms with van der Waals surface area (Å²) in [6.45, 7) is 3.58. The number of carbonyl (C=O) groups is 1. The Bertz CT molecular complexity index is 1170. The van der Waals surface area contributed by atoms with Gasteiger partial charge in [0.2, 0.25) is 0 Å². The van der Waals surface area contributed by atoms with Gasteiger partial charge in [0, 0.05) is 16.3 Å². The molecule has 3 aromatic rings. The molecular formula is C22H20ClN3O3S. The van der Waals surface area contributed by atoms with Crippen LogP contribution in [-0.4, -0.2) is 20.0 Å². The van der Waals surface area contributed by atoms with Gasteiger partial charge in [-0.15, -0.1) is 0 Å². The second-order valence-corrected chi connectivity index (χ2v) is 8.74. The minimum Gasteiger partial charge on any atom is -0.322 e. The highest BCUT2D eigenvalue weighted by molar-refractivity contribution is 7.89. The molecule has 0 unspecified atom stereocenters. The number of benzene rings is 3. The molecule has 6 nitrogen and oxygen atoms in total. The number of nitrogens with one attached hydrogen (secondary N) is 2. The monoisotopic (exact) mass is 441 g/mol. The van der Waals surface area contributed by atoms with Crippen LogP contribution in [0.4, 0.5) is 5.69 Å². The van der Waals surface area contributed by atoms with Crippen molar-refractivity contribution >= 4 is 38.9 Å². The van der Waals surface area contributed by atoms with Crippen LogP contribution < -0.4 is 10.1 Å². The van der Waals surface area contributed by atoms with E-state index in [1.165, 1.54) is 12.1 Å². The molecule has 2 N–H and O–H groups in total. The molecule has 0 fully saturated rings. The largest absolute Gasteiger partial charge is 0.322 e. The van der Waals surface area contributed by atoms with Gasteiger partial charge in [-0.1, -0.05) is 41.4 Å². The Labute approximate surface area is 180 Å². The number of aryl methyl sites for hydroxylation is 1. The standard InChI is InChI=1S/C22H20ClN3O3S/c1-15-3-13-21(14-4-15)30(28,29)26-25-16(2)17-7-11-20(12-8-17)24-22(27)18-5-9-19(23)10-6-18/h3-14,26H,1-2H3,(H,24,27). The molecule has 154 valence electrons. The number of hydrogen-bond acceptors (Lipinski definition) is 4. The third-order valence-corrected chi connectivity index (χ3v) is 5.81. The Morgan fingerprint density at radius 2 is 1.43 bits per heavy atom. The number of carbonyl (C=O) groups excluding carboxylic acids is 1. The highest BCUT2D eigenvalue weighted by atomic mass is 35.5. The van der Waals surface area contributed by atoms with Gasteiger partial charge in [-0.2, -0.15) is 18.4 Å². The molecule has 0 radical (unpaired) electrons. The fourth-order valence-corrected chi connectivity index (χ4v) is 3.55. The van der Waals surface area contributed by atoms with E-state index in [9.17, 15) is 13.2 Å². The zero-order valence-corrected chi connectivity index (χ0v) is 18.0. The van der Waals surface area contributed by atoms with Crippen LogP contribution >= 0.6 is 11.6 Å². The summed E-state index contributed by atoms with van der Waals surface area (Å²) in [5.41, 5.74) is 3.27. The van der Waals surface area contributed by atoms with Crippen molar-refractivity contribution in [2.24, 2.45) is 5.10 Å². The van der Waals surface area contributed by atoms with Crippen molar-refractivity contribution < 1.29 is 13.2 Å². The summed E-state index contributed by atoms with van der Waals surface area (Å²) in [6.07, 6.45) is 0. The predicted molar refractivity (Wildman–Crippen MR) is 120 cm³/mol. The average Bonchev–Trinajstić information content (AvgIpc) is 2.73. The SMILES string of the molecule is CC(=NNS(=O)(=O)c1ccc(C)cc1)c1ccc(NC(=O)c2ccc(Cl)cc2)cc1. The van der Waals surface area contributed by atoms with Gasteiger partial charge in [0.05, 0.1) is 10.6 Å². The molecule has 3 rings (SSSR count). The van der Waals surface area contributed by atoms with Crippen LogP contribution in [0.25, 0.3) is 0 Å². The molecule has 0 heterocycles. The molecule has 3 aromatic carbocycles. The average molecular weight is 442 g/mol. The number of nitrogens with zero attached hydrogens (tertiary/aromatic N) is 1. The number of halogens is 1. The lowest BCUT2D eigenvalue weighted by atomic mass is 10.1. The molecule has 0 atom stereocenters. The zero-order chi connectivity index (χ0) is 21.7. The quantitative estimate of drug-likeness (QED) is 0.432. The first-order chi connectivity index (χ1) is 14.2. The van der Waals surface area contributed by atoms with E-state index in [-0.39, 0.29) is 10.8 Å². The molecule has 8 heteroatoms. The minimum atomic E-state index is -3.74. The lowest BCUT2D eigenvalue weighted by molar-refractivity contribution is 0.102. The number of sulfonamides is 1. The first kappa shape index (κ1) is 21.5. The summed E-state index contributed by atoms with van der Waals surface area (Å²) in [6, 6.07) is 20.0. The van der Waals surface area contributed by atoms with Gasteiger partial charge in [-0.3, -0.25) is 4.79 Å². The smallest absolute Gasteiger partial charge is 0.276 e. The van der Waals surface area contributed by atoms with Gasteiger partial charge in [0.25, 0.3) is 15.9 Å². The van der Waals surface area contributed by atoms with Gasteiger partial charge in [-0.25, -0.2) is 0 Å². The zero-order valence-electron chi connectivity index (χ0n) is 16.4. The van der Waals surface area contributed by atoms with Gasteiger partial charge < -0.3 is 5.32 Å². The molecule has 1 amide bonds. The van der Waals surface area contributed by atoms with Crippen LogP contribution in [-0.2, 0) is 10.0 Å². The Balaban J connectivity index is 1.66. The molecule has 0 aromatic heterocycles. The Hall–Kier alpha value is -3.16. The molecule has 0 spiro atoms. The number of anilines is 1. The molecule has 0 bridgehead atoms. The number of rotatable bonds is 6. The molecular weight excluding hydrogens is 422 g/mol. The second kappa shape index (κ2) is 9.11. The normalized spacial score (nSPS) is 11.8. The van der Waals surface area contributed by atoms with E-state index in [1.807, 2.05) is 6.92 Å². The molecule has 0 saturated carbocycles. The molecule has 0 saturated heterocycles. The third-order valence-electron chi connectivity index (χ3n) is 4.33. The molecule has 30 heavy (non-hydrogen) atoms. The second-order valence-electron chi connectivity index (χ2n) is 6.64. The van der Waals surface area contributed by atoms with Crippen molar-refractivity contribution in [1.82, 2.24) is 4.83 Å². The fourth-order valence-electron chi connectivity index (χ4n) is 2.56. The van der Waals surface area contributed by atoms with E-state index >= 15 is 0 Å². The Kier molecular flexibility index (Phi) is 6.54. The van der Waals surface area contributed by atoms with Crippen molar-refractivity contribution in [2.75, 3.05) is 5.32 Å². The molecule has 0 aliphatic heterocycles. The van der Waals surface area contributed by atoms with Gasteiger partial charge in [0.15, 0.2) is 0 Å². The maximum Gasteiger partial charge on any atom is 0.276 e. The third kappa shape index (κ3) is 5.46. The molecule has 0 aliphatic carbocycles. The maximum atomic E-state index is 12.3. The van der Waals surface area contributed by atoms with E-state index < -0.39 is 10.0 Å². The Morgan fingerprint density at radius 3 is 2.03 bits per heavy atom. The first-order valence-corrected chi connectivity index (χ1v) is 10.9. The lowest BCUT2D eigenvalue weighted by Crippen LogP contribution is -2.20. The van der Waals surface area contributed by atoms with Gasteiger partial charge in [-0.05, 0) is 67.9 Å². The van der Waals surface area contributed by atoms with Crippen LogP contribution in [0, 0.1) is 6.92 Å². The van der Waals surface area contributed by atoms with Crippen LogP contribution in [0.3, 0.4) is 0 Å². The van der Waals surface area contributed by atoms with Crippen molar-refractivity contribution in [3.63, 3.8) is 0 Å². The van der Waals surface area contributed by atoms with E-state index in [4.69, 9.17) is 11.6 Å². The summed E-state index contributed by atoms with van der Waals surface area (Å²) >= 11 is 5.83. The van der Waals surface area contributed by atoms with Crippen LogP contribution in [0.1, 0.15) is 28.4 Å². The summed E-state index contributed by atoms with van der Waals surface area (Å²) in [5.74, 6) is -0.254. The van der Waals surface area contributed by atoms with E-state index in [2.05, 4.69) is 15.2 Å². The predicted octanol–water partition coefficient (Wildman–Crippen LogP) is 4.60. The van der Waals surface area contributed by atoms with Crippen LogP contribution in [0.5, 0.6) is 0 Å². The van der Waals surface area contributed by atoms with E-state index in [0.29, 0.717) is 27.5 Å². The van der Waals surface area contributed by atoms with Crippen molar-refractivity contribution in [3.05, 3.63) is 94.5 Å². The van der Waals surface area contributed by atoms with E-state index in [1.54, 1.807) is 67.6 Å². The molecule has 0 aliphatic rings. The van der Waals surface area contributed by atoms with Crippen molar-refractivity contribution in [2.45, 2.75) is 18.7 Å². The highest BCUT2D eigenvalue weighted by Gasteiger charge is 2.13. The summed E-state index contributed by atoms with van der Waals surface area (Å²) in [4.78, 5) is 14.6. The first-order valence-electron chi connectivity index (χ1n) is 9.05. The van der Waals surface area contributed by atoms with Crippen LogP contribution in [0.2, 0.25) is 5.02 Å². The minimum absolute atomic E-state index is 0.143. The topological polar surface area (TPSA) is 87.6 Å².